The molecule has 0 atom stereocenters. The van der Waals surface area contributed by atoms with Gasteiger partial charge in [-0.2, -0.15) is 0 Å². The molecule has 2 aromatic carbocycles. The second-order valence-electron chi connectivity index (χ2n) is 3.95. The summed E-state index contributed by atoms with van der Waals surface area (Å²) in [7, 11) is 1.72. The first-order valence-electron chi connectivity index (χ1n) is 5.66. The van der Waals surface area contributed by atoms with Gasteiger partial charge in [-0.3, -0.25) is 0 Å². The summed E-state index contributed by atoms with van der Waals surface area (Å²) >= 11 is 6.98. The molecule has 0 bridgehead atoms. The van der Waals surface area contributed by atoms with Gasteiger partial charge < -0.3 is 5.32 Å². The summed E-state index contributed by atoms with van der Waals surface area (Å²) in [6, 6.07) is 9.63. The minimum Gasteiger partial charge on any atom is -0.316 e. The Morgan fingerprint density at radius 1 is 1.16 bits per heavy atom. The molecule has 0 aliphatic rings. The van der Waals surface area contributed by atoms with Crippen LogP contribution >= 0.6 is 23.4 Å². The molecule has 0 saturated carbocycles. The van der Waals surface area contributed by atoms with E-state index in [0.29, 0.717) is 22.0 Å². The number of rotatable bonds is 4. The maximum atomic E-state index is 13.9. The Kier molecular flexibility index (Phi) is 4.80. The predicted octanol–water partition coefficient (Wildman–Crippen LogP) is 4.49. The second kappa shape index (κ2) is 6.37. The lowest BCUT2D eigenvalue weighted by atomic mass is 10.2. The van der Waals surface area contributed by atoms with E-state index in [-0.39, 0.29) is 4.90 Å². The van der Waals surface area contributed by atoms with Crippen LogP contribution in [0, 0.1) is 11.6 Å². The van der Waals surface area contributed by atoms with Gasteiger partial charge in [0.25, 0.3) is 0 Å². The van der Waals surface area contributed by atoms with Gasteiger partial charge in [0, 0.05) is 11.4 Å². The van der Waals surface area contributed by atoms with Crippen LogP contribution < -0.4 is 5.32 Å². The Morgan fingerprint density at radius 2 is 1.79 bits per heavy atom. The maximum absolute atomic E-state index is 13.9. The van der Waals surface area contributed by atoms with Crippen LogP contribution in [0.4, 0.5) is 8.78 Å². The van der Waals surface area contributed by atoms with Crippen LogP contribution in [-0.2, 0) is 6.54 Å². The summed E-state index contributed by atoms with van der Waals surface area (Å²) in [5.74, 6) is -1.15. The average Bonchev–Trinajstić information content (AvgIpc) is 2.36. The minimum atomic E-state index is -0.574. The van der Waals surface area contributed by atoms with Gasteiger partial charge in [-0.1, -0.05) is 35.5 Å². The largest absolute Gasteiger partial charge is 0.316 e. The lowest BCUT2D eigenvalue weighted by molar-refractivity contribution is 0.536. The van der Waals surface area contributed by atoms with Crippen LogP contribution in [-0.4, -0.2) is 7.05 Å². The Hall–Kier alpha value is -1.10. The van der Waals surface area contributed by atoms with E-state index in [4.69, 9.17) is 11.6 Å². The van der Waals surface area contributed by atoms with Crippen LogP contribution in [0.1, 0.15) is 5.56 Å². The third-order valence-corrected chi connectivity index (χ3v) is 4.10. The first-order valence-corrected chi connectivity index (χ1v) is 6.86. The molecule has 0 unspecified atom stereocenters. The Morgan fingerprint density at radius 3 is 2.37 bits per heavy atom. The number of benzene rings is 2. The van der Waals surface area contributed by atoms with Crippen molar-refractivity contribution in [2.75, 3.05) is 7.05 Å². The zero-order chi connectivity index (χ0) is 13.8. The molecule has 0 radical (unpaired) electrons. The van der Waals surface area contributed by atoms with Gasteiger partial charge in [0.1, 0.15) is 11.6 Å². The summed E-state index contributed by atoms with van der Waals surface area (Å²) in [6.45, 7) is 0.422. The molecular weight excluding hydrogens is 288 g/mol. The molecule has 0 heterocycles. The monoisotopic (exact) mass is 299 g/mol. The van der Waals surface area contributed by atoms with Gasteiger partial charge in [0.05, 0.1) is 9.92 Å². The molecule has 0 fully saturated rings. The van der Waals surface area contributed by atoms with Crippen molar-refractivity contribution in [2.45, 2.75) is 16.3 Å². The number of hydrogen-bond donors (Lipinski definition) is 1. The molecule has 0 aliphatic heterocycles. The summed E-state index contributed by atoms with van der Waals surface area (Å²) in [4.78, 5) is 0.594. The summed E-state index contributed by atoms with van der Waals surface area (Å²) < 4.78 is 27.8. The van der Waals surface area contributed by atoms with E-state index in [1.54, 1.807) is 31.3 Å². The highest BCUT2D eigenvalue weighted by Crippen LogP contribution is 2.36. The van der Waals surface area contributed by atoms with Crippen LogP contribution in [0.2, 0.25) is 5.02 Å². The molecular formula is C14H12ClF2NS. The highest BCUT2D eigenvalue weighted by Gasteiger charge is 2.14. The SMILES string of the molecule is CNCc1cc(F)c(Sc2ccccc2Cl)c(F)c1. The van der Waals surface area contributed by atoms with Crippen LogP contribution in [0.3, 0.4) is 0 Å². The van der Waals surface area contributed by atoms with E-state index in [2.05, 4.69) is 5.32 Å². The van der Waals surface area contributed by atoms with Gasteiger partial charge in [-0.15, -0.1) is 0 Å². The molecule has 2 rings (SSSR count). The molecule has 0 spiro atoms. The van der Waals surface area contributed by atoms with E-state index in [1.807, 2.05) is 0 Å². The van der Waals surface area contributed by atoms with Crippen molar-refractivity contribution in [3.05, 3.63) is 58.6 Å². The summed E-state index contributed by atoms with van der Waals surface area (Å²) in [5, 5.41) is 3.33. The molecule has 0 saturated heterocycles. The Labute approximate surface area is 120 Å². The smallest absolute Gasteiger partial charge is 0.140 e. The Balaban J connectivity index is 2.33. The zero-order valence-corrected chi connectivity index (χ0v) is 11.8. The van der Waals surface area contributed by atoms with Crippen LogP contribution in [0.5, 0.6) is 0 Å². The fourth-order valence-electron chi connectivity index (χ4n) is 1.65. The standard InChI is InChI=1S/C14H12ClF2NS/c1-18-8-9-6-11(16)14(12(17)7-9)19-13-5-3-2-4-10(13)15/h2-7,18H,8H2,1H3. The molecule has 0 amide bonds. The van der Waals surface area contributed by atoms with Crippen molar-refractivity contribution in [2.24, 2.45) is 0 Å². The first kappa shape index (κ1) is 14.3. The van der Waals surface area contributed by atoms with E-state index in [0.717, 1.165) is 11.8 Å². The maximum Gasteiger partial charge on any atom is 0.140 e. The van der Waals surface area contributed by atoms with Gasteiger partial charge in [-0.05, 0) is 36.9 Å². The molecule has 19 heavy (non-hydrogen) atoms. The lowest BCUT2D eigenvalue weighted by Crippen LogP contribution is -2.06. The van der Waals surface area contributed by atoms with E-state index in [9.17, 15) is 8.78 Å². The van der Waals surface area contributed by atoms with E-state index in [1.165, 1.54) is 12.1 Å². The van der Waals surface area contributed by atoms with Crippen LogP contribution in [0.15, 0.2) is 46.2 Å². The molecule has 1 N–H and O–H groups in total. The molecule has 0 aromatic heterocycles. The fraction of sp³-hybridized carbons (Fsp3) is 0.143. The highest BCUT2D eigenvalue weighted by atomic mass is 35.5. The van der Waals surface area contributed by atoms with Crippen molar-refractivity contribution in [3.8, 4) is 0 Å². The van der Waals surface area contributed by atoms with Crippen molar-refractivity contribution in [1.82, 2.24) is 5.32 Å². The second-order valence-corrected chi connectivity index (χ2v) is 5.41. The molecule has 5 heteroatoms. The van der Waals surface area contributed by atoms with Crippen molar-refractivity contribution in [1.29, 1.82) is 0 Å². The third kappa shape index (κ3) is 3.47. The fourth-order valence-corrected chi connectivity index (χ4v) is 2.75. The number of hydrogen-bond acceptors (Lipinski definition) is 2. The highest BCUT2D eigenvalue weighted by molar-refractivity contribution is 7.99. The van der Waals surface area contributed by atoms with E-state index < -0.39 is 11.6 Å². The number of halogens is 3. The lowest BCUT2D eigenvalue weighted by Gasteiger charge is -2.08. The van der Waals surface area contributed by atoms with Crippen LogP contribution in [0.25, 0.3) is 0 Å². The van der Waals surface area contributed by atoms with E-state index >= 15 is 0 Å². The van der Waals surface area contributed by atoms with Crippen molar-refractivity contribution >= 4 is 23.4 Å². The van der Waals surface area contributed by atoms with Gasteiger partial charge >= 0.3 is 0 Å². The normalized spacial score (nSPS) is 10.7. The van der Waals surface area contributed by atoms with Gasteiger partial charge in [0.2, 0.25) is 0 Å². The summed E-state index contributed by atoms with van der Waals surface area (Å²) in [5.41, 5.74) is 0.570. The van der Waals surface area contributed by atoms with Crippen molar-refractivity contribution in [3.63, 3.8) is 0 Å². The quantitative estimate of drug-likeness (QED) is 0.893. The van der Waals surface area contributed by atoms with Gasteiger partial charge in [-0.25, -0.2) is 8.78 Å². The number of nitrogens with one attached hydrogen (secondary N) is 1. The molecule has 1 nitrogen and oxygen atoms in total. The third-order valence-electron chi connectivity index (χ3n) is 2.49. The topological polar surface area (TPSA) is 12.0 Å². The molecule has 2 aromatic rings. The Bertz CT molecular complexity index is 566. The zero-order valence-electron chi connectivity index (χ0n) is 10.2. The molecule has 0 aliphatic carbocycles. The minimum absolute atomic E-state index is 0.0343. The molecule has 100 valence electrons. The van der Waals surface area contributed by atoms with Gasteiger partial charge in [0.15, 0.2) is 0 Å². The average molecular weight is 300 g/mol. The predicted molar refractivity (Wildman–Crippen MR) is 74.7 cm³/mol. The van der Waals surface area contributed by atoms with Crippen molar-refractivity contribution < 1.29 is 8.78 Å². The summed E-state index contributed by atoms with van der Waals surface area (Å²) in [6.07, 6.45) is 0. The first-order chi connectivity index (χ1) is 9.11.